The van der Waals surface area contributed by atoms with Gasteiger partial charge in [-0.15, -0.1) is 0 Å². The van der Waals surface area contributed by atoms with Crippen molar-refractivity contribution in [2.45, 2.75) is 12.8 Å². The molecule has 2 saturated heterocycles. The van der Waals surface area contributed by atoms with Gasteiger partial charge in [0.15, 0.2) is 0 Å². The van der Waals surface area contributed by atoms with Crippen molar-refractivity contribution < 1.29 is 14.3 Å². The van der Waals surface area contributed by atoms with Crippen LogP contribution in [0.1, 0.15) is 12.8 Å². The number of benzene rings is 1. The summed E-state index contributed by atoms with van der Waals surface area (Å²) in [5.74, 6) is 1.32. The van der Waals surface area contributed by atoms with Gasteiger partial charge in [-0.25, -0.2) is 4.79 Å². The van der Waals surface area contributed by atoms with Crippen LogP contribution in [0.25, 0.3) is 0 Å². The fourth-order valence-electron chi connectivity index (χ4n) is 3.06. The van der Waals surface area contributed by atoms with Crippen molar-refractivity contribution in [1.29, 1.82) is 0 Å². The Balaban J connectivity index is 1.49. The number of hydrogen-bond donors (Lipinski definition) is 0. The van der Waals surface area contributed by atoms with Gasteiger partial charge in [-0.2, -0.15) is 0 Å². The van der Waals surface area contributed by atoms with Crippen LogP contribution in [-0.4, -0.2) is 61.8 Å². The summed E-state index contributed by atoms with van der Waals surface area (Å²) in [6.07, 6.45) is 2.18. The van der Waals surface area contributed by atoms with Gasteiger partial charge in [-0.1, -0.05) is 18.2 Å². The summed E-state index contributed by atoms with van der Waals surface area (Å²) in [5, 5.41) is 0. The number of para-hydroxylation sites is 1. The van der Waals surface area contributed by atoms with Crippen molar-refractivity contribution in [2.75, 3.05) is 46.0 Å². The maximum Gasteiger partial charge on any atom is 0.320 e. The van der Waals surface area contributed by atoms with Crippen LogP contribution in [0.15, 0.2) is 30.3 Å². The number of amides is 2. The van der Waals surface area contributed by atoms with Crippen LogP contribution in [0, 0.1) is 5.92 Å². The van der Waals surface area contributed by atoms with Crippen LogP contribution >= 0.6 is 0 Å². The molecule has 0 aromatic heterocycles. The zero-order valence-corrected chi connectivity index (χ0v) is 12.9. The van der Waals surface area contributed by atoms with Gasteiger partial charge in [0.1, 0.15) is 5.75 Å². The third-order valence-electron chi connectivity index (χ3n) is 4.30. The molecule has 0 spiro atoms. The lowest BCUT2D eigenvalue weighted by molar-refractivity contribution is 0.0374. The number of morpholine rings is 1. The van der Waals surface area contributed by atoms with E-state index in [1.807, 2.05) is 40.1 Å². The van der Waals surface area contributed by atoms with Gasteiger partial charge in [-0.05, 0) is 25.0 Å². The molecule has 3 rings (SSSR count). The van der Waals surface area contributed by atoms with Crippen molar-refractivity contribution in [3.63, 3.8) is 0 Å². The number of hydrogen-bond acceptors (Lipinski definition) is 3. The number of rotatable bonds is 3. The van der Waals surface area contributed by atoms with Crippen molar-refractivity contribution in [1.82, 2.24) is 9.80 Å². The minimum absolute atomic E-state index is 0.160. The summed E-state index contributed by atoms with van der Waals surface area (Å²) in [5.41, 5.74) is 0. The number of ether oxygens (including phenoxy) is 2. The molecule has 1 aromatic rings. The Bertz CT molecular complexity index is 474. The molecule has 2 heterocycles. The van der Waals surface area contributed by atoms with Crippen molar-refractivity contribution >= 4 is 6.03 Å². The number of likely N-dealkylation sites (tertiary alicyclic amines) is 1. The first-order chi connectivity index (χ1) is 10.8. The smallest absolute Gasteiger partial charge is 0.320 e. The molecule has 2 aliphatic heterocycles. The zero-order chi connectivity index (χ0) is 15.2. The molecule has 5 nitrogen and oxygen atoms in total. The molecule has 0 bridgehead atoms. The third kappa shape index (κ3) is 3.91. The Morgan fingerprint density at radius 2 is 1.91 bits per heavy atom. The maximum atomic E-state index is 12.5. The molecule has 22 heavy (non-hydrogen) atoms. The normalized spacial score (nSPS) is 22.5. The standard InChI is InChI=1S/C17H24N2O3/c20-17(18-9-11-21-12-10-18)19-8-4-5-15(13-19)14-22-16-6-2-1-3-7-16/h1-3,6-7,15H,4-5,8-14H2. The highest BCUT2D eigenvalue weighted by atomic mass is 16.5. The Kier molecular flexibility index (Phi) is 5.16. The molecular weight excluding hydrogens is 280 g/mol. The number of piperidine rings is 1. The van der Waals surface area contributed by atoms with E-state index >= 15 is 0 Å². The van der Waals surface area contributed by atoms with Crippen molar-refractivity contribution in [2.24, 2.45) is 5.92 Å². The van der Waals surface area contributed by atoms with Crippen LogP contribution < -0.4 is 4.74 Å². The number of nitrogens with zero attached hydrogens (tertiary/aromatic N) is 2. The summed E-state index contributed by atoms with van der Waals surface area (Å²) in [6.45, 7) is 5.05. The molecule has 0 saturated carbocycles. The second-order valence-corrected chi connectivity index (χ2v) is 5.96. The Hall–Kier alpha value is -1.75. The van der Waals surface area contributed by atoms with Crippen LogP contribution in [0.5, 0.6) is 5.75 Å². The minimum atomic E-state index is 0.160. The van der Waals surface area contributed by atoms with Crippen LogP contribution in [0.3, 0.4) is 0 Å². The van der Waals surface area contributed by atoms with Gasteiger partial charge in [0, 0.05) is 32.1 Å². The SMILES string of the molecule is O=C(N1CCOCC1)N1CCCC(COc2ccccc2)C1. The highest BCUT2D eigenvalue weighted by Gasteiger charge is 2.28. The highest BCUT2D eigenvalue weighted by Crippen LogP contribution is 2.20. The summed E-state index contributed by atoms with van der Waals surface area (Å²) >= 11 is 0. The molecule has 5 heteroatoms. The van der Waals surface area contributed by atoms with Crippen molar-refractivity contribution in [3.05, 3.63) is 30.3 Å². The number of urea groups is 1. The predicted molar refractivity (Wildman–Crippen MR) is 84.0 cm³/mol. The fourth-order valence-corrected chi connectivity index (χ4v) is 3.06. The monoisotopic (exact) mass is 304 g/mol. The third-order valence-corrected chi connectivity index (χ3v) is 4.30. The lowest BCUT2D eigenvalue weighted by Crippen LogP contribution is -2.51. The molecule has 1 aromatic carbocycles. The van der Waals surface area contributed by atoms with Crippen LogP contribution in [-0.2, 0) is 4.74 Å². The van der Waals surface area contributed by atoms with E-state index in [9.17, 15) is 4.79 Å². The summed E-state index contributed by atoms with van der Waals surface area (Å²) in [6, 6.07) is 10.0. The molecule has 0 aliphatic carbocycles. The summed E-state index contributed by atoms with van der Waals surface area (Å²) < 4.78 is 11.2. The second kappa shape index (κ2) is 7.49. The molecule has 1 unspecified atom stereocenters. The van der Waals surface area contributed by atoms with Crippen molar-refractivity contribution in [3.8, 4) is 5.75 Å². The Labute approximate surface area is 131 Å². The van der Waals surface area contributed by atoms with E-state index in [1.165, 1.54) is 0 Å². The van der Waals surface area contributed by atoms with Crippen LogP contribution in [0.4, 0.5) is 4.79 Å². The average molecular weight is 304 g/mol. The predicted octanol–water partition coefficient (Wildman–Crippen LogP) is 2.23. The fraction of sp³-hybridized carbons (Fsp3) is 0.588. The van der Waals surface area contributed by atoms with E-state index in [0.717, 1.165) is 31.7 Å². The van der Waals surface area contributed by atoms with Gasteiger partial charge in [0.2, 0.25) is 0 Å². The lowest BCUT2D eigenvalue weighted by atomic mass is 9.99. The second-order valence-electron chi connectivity index (χ2n) is 5.96. The van der Waals surface area contributed by atoms with E-state index in [2.05, 4.69) is 0 Å². The van der Waals surface area contributed by atoms with E-state index in [1.54, 1.807) is 0 Å². The molecule has 120 valence electrons. The van der Waals surface area contributed by atoms with Gasteiger partial charge in [-0.3, -0.25) is 0 Å². The highest BCUT2D eigenvalue weighted by molar-refractivity contribution is 5.74. The van der Waals surface area contributed by atoms with Gasteiger partial charge < -0.3 is 19.3 Å². The Morgan fingerprint density at radius 1 is 1.14 bits per heavy atom. The molecule has 2 fully saturated rings. The number of carbonyl (C=O) groups is 1. The van der Waals surface area contributed by atoms with Gasteiger partial charge in [0.05, 0.1) is 19.8 Å². The zero-order valence-electron chi connectivity index (χ0n) is 12.9. The van der Waals surface area contributed by atoms with Crippen LogP contribution in [0.2, 0.25) is 0 Å². The molecule has 2 amide bonds. The first-order valence-electron chi connectivity index (χ1n) is 8.12. The lowest BCUT2D eigenvalue weighted by Gasteiger charge is -2.37. The summed E-state index contributed by atoms with van der Waals surface area (Å²) in [4.78, 5) is 16.4. The van der Waals surface area contributed by atoms with Gasteiger partial charge in [0.25, 0.3) is 0 Å². The van der Waals surface area contributed by atoms with E-state index < -0.39 is 0 Å². The molecule has 0 N–H and O–H groups in total. The topological polar surface area (TPSA) is 42.0 Å². The van der Waals surface area contributed by atoms with E-state index in [0.29, 0.717) is 38.8 Å². The molecular formula is C17H24N2O3. The molecule has 1 atom stereocenters. The molecule has 2 aliphatic rings. The quantitative estimate of drug-likeness (QED) is 0.860. The van der Waals surface area contributed by atoms with E-state index in [4.69, 9.17) is 9.47 Å². The summed E-state index contributed by atoms with van der Waals surface area (Å²) in [7, 11) is 0. The first-order valence-corrected chi connectivity index (χ1v) is 8.12. The largest absolute Gasteiger partial charge is 0.493 e. The molecule has 0 radical (unpaired) electrons. The van der Waals surface area contributed by atoms with E-state index in [-0.39, 0.29) is 6.03 Å². The number of carbonyl (C=O) groups excluding carboxylic acids is 1. The maximum absolute atomic E-state index is 12.5. The van der Waals surface area contributed by atoms with Gasteiger partial charge >= 0.3 is 6.03 Å². The Morgan fingerprint density at radius 3 is 2.68 bits per heavy atom. The average Bonchev–Trinajstić information content (AvgIpc) is 2.61. The first kappa shape index (κ1) is 15.2. The minimum Gasteiger partial charge on any atom is -0.493 e.